The summed E-state index contributed by atoms with van der Waals surface area (Å²) in [5, 5.41) is 29.9. The van der Waals surface area contributed by atoms with Crippen molar-refractivity contribution in [1.82, 2.24) is 0 Å². The molecule has 1 aliphatic rings. The summed E-state index contributed by atoms with van der Waals surface area (Å²) in [6.45, 7) is 1.79. The minimum Gasteiger partial charge on any atom is -0.507 e. The van der Waals surface area contributed by atoms with Crippen molar-refractivity contribution < 1.29 is 24.5 Å². The highest BCUT2D eigenvalue weighted by Gasteiger charge is 2.36. The lowest BCUT2D eigenvalue weighted by Gasteiger charge is -2.23. The summed E-state index contributed by atoms with van der Waals surface area (Å²) in [5.41, 5.74) is 0.725. The molecule has 5 heteroatoms. The maximum atomic E-state index is 12.2. The number of carbonyl (C=O) groups excluding carboxylic acids is 1. The zero-order chi connectivity index (χ0) is 14.4. The quantitative estimate of drug-likeness (QED) is 0.743. The molecule has 0 unspecified atom stereocenters. The predicted molar refractivity (Wildman–Crippen MR) is 70.5 cm³/mol. The lowest BCUT2D eigenvalue weighted by Crippen LogP contribution is -2.22. The van der Waals surface area contributed by atoms with E-state index in [2.05, 4.69) is 0 Å². The zero-order valence-electron chi connectivity index (χ0n) is 10.8. The smallest absolute Gasteiger partial charge is 0.167 e. The fourth-order valence-electron chi connectivity index (χ4n) is 2.63. The van der Waals surface area contributed by atoms with Crippen LogP contribution < -0.4 is 0 Å². The van der Waals surface area contributed by atoms with E-state index in [9.17, 15) is 20.1 Å². The van der Waals surface area contributed by atoms with Gasteiger partial charge in [-0.2, -0.15) is 0 Å². The molecule has 104 valence electrons. The van der Waals surface area contributed by atoms with Crippen molar-refractivity contribution in [3.63, 3.8) is 0 Å². The van der Waals surface area contributed by atoms with Gasteiger partial charge in [-0.15, -0.1) is 0 Å². The minimum atomic E-state index is -0.784. The first-order chi connectivity index (χ1) is 9.50. The van der Waals surface area contributed by atoms with Gasteiger partial charge in [-0.3, -0.25) is 4.79 Å². The van der Waals surface area contributed by atoms with Crippen LogP contribution in [0.5, 0.6) is 11.5 Å². The summed E-state index contributed by atoms with van der Waals surface area (Å²) in [5.74, 6) is -0.597. The third-order valence-corrected chi connectivity index (χ3v) is 3.71. The Kier molecular flexibility index (Phi) is 2.79. The molecule has 1 aliphatic carbocycles. The lowest BCUT2D eigenvalue weighted by atomic mass is 9.82. The maximum absolute atomic E-state index is 12.2. The molecule has 0 spiro atoms. The van der Waals surface area contributed by atoms with Gasteiger partial charge in [0.2, 0.25) is 0 Å². The van der Waals surface area contributed by atoms with Gasteiger partial charge >= 0.3 is 0 Å². The highest BCUT2D eigenvalue weighted by Crippen LogP contribution is 2.45. The molecule has 5 nitrogen and oxygen atoms in total. The van der Waals surface area contributed by atoms with Crippen LogP contribution >= 0.6 is 0 Å². The molecule has 1 aromatic carbocycles. The summed E-state index contributed by atoms with van der Waals surface area (Å²) in [4.78, 5) is 12.2. The van der Waals surface area contributed by atoms with E-state index in [1.165, 1.54) is 24.5 Å². The molecule has 0 amide bonds. The van der Waals surface area contributed by atoms with Gasteiger partial charge in [0.15, 0.2) is 11.5 Å². The van der Waals surface area contributed by atoms with Gasteiger partial charge in [0.1, 0.15) is 17.1 Å². The Bertz CT molecular complexity index is 665. The number of aliphatic hydroxyl groups is 1. The van der Waals surface area contributed by atoms with Crippen LogP contribution in [0.15, 0.2) is 28.9 Å². The molecule has 0 radical (unpaired) electrons. The molecule has 0 saturated heterocycles. The number of hydrogen-bond acceptors (Lipinski definition) is 5. The number of phenolic OH excluding ortho intramolecular Hbond substituents is 2. The monoisotopic (exact) mass is 274 g/mol. The fourth-order valence-corrected chi connectivity index (χ4v) is 2.63. The molecule has 20 heavy (non-hydrogen) atoms. The number of hydrogen-bond donors (Lipinski definition) is 3. The van der Waals surface area contributed by atoms with E-state index < -0.39 is 6.10 Å². The Morgan fingerprint density at radius 2 is 1.85 bits per heavy atom. The molecular weight excluding hydrogens is 260 g/mol. The second-order valence-corrected chi connectivity index (χ2v) is 5.12. The van der Waals surface area contributed by atoms with E-state index >= 15 is 0 Å². The summed E-state index contributed by atoms with van der Waals surface area (Å²) in [6, 6.07) is 4.29. The Morgan fingerprint density at radius 1 is 1.20 bits per heavy atom. The van der Waals surface area contributed by atoms with Crippen LogP contribution in [0.4, 0.5) is 0 Å². The molecule has 2 aromatic rings. The number of Topliss-reactive ketones (excluding diaryl/α,β-unsaturated/α-hetero) is 1. The average molecular weight is 274 g/mol. The Balaban J connectivity index is 2.24. The third-order valence-electron chi connectivity index (χ3n) is 3.71. The van der Waals surface area contributed by atoms with Gasteiger partial charge in [0.25, 0.3) is 0 Å². The van der Waals surface area contributed by atoms with Crippen molar-refractivity contribution in [3.8, 4) is 22.8 Å². The molecule has 0 saturated carbocycles. The number of phenols is 2. The first-order valence-corrected chi connectivity index (χ1v) is 6.34. The van der Waals surface area contributed by atoms with E-state index in [1.54, 1.807) is 6.92 Å². The molecule has 2 atom stereocenters. The van der Waals surface area contributed by atoms with Gasteiger partial charge in [-0.1, -0.05) is 13.0 Å². The van der Waals surface area contributed by atoms with Crippen molar-refractivity contribution in [1.29, 1.82) is 0 Å². The number of aromatic hydroxyl groups is 2. The Labute approximate surface area is 115 Å². The van der Waals surface area contributed by atoms with Crippen molar-refractivity contribution in [3.05, 3.63) is 35.6 Å². The molecule has 1 aromatic heterocycles. The molecular formula is C15H14O5. The standard InChI is InChI=1S/C15H14O5/c1-7-5-11(18)12-8(14(7)19)6-20-15(12)13-9(16)3-2-4-10(13)17/h2-4,6-7,14,16-17,19H,5H2,1H3/t7-,14+/m1/s1. The van der Waals surface area contributed by atoms with Crippen LogP contribution in [-0.4, -0.2) is 21.1 Å². The van der Waals surface area contributed by atoms with Crippen LogP contribution in [0, 0.1) is 5.92 Å². The van der Waals surface area contributed by atoms with Gasteiger partial charge in [-0.25, -0.2) is 0 Å². The number of fused-ring (bicyclic) bond motifs is 1. The summed E-state index contributed by atoms with van der Waals surface area (Å²) >= 11 is 0. The first kappa shape index (κ1) is 12.7. The van der Waals surface area contributed by atoms with Crippen molar-refractivity contribution in [2.45, 2.75) is 19.4 Å². The SMILES string of the molecule is C[C@@H]1CC(=O)c2c(coc2-c2c(O)cccc2O)[C@H]1O. The predicted octanol–water partition coefficient (Wildman–Crippen LogP) is 2.61. The molecule has 0 bridgehead atoms. The van der Waals surface area contributed by atoms with E-state index in [-0.39, 0.29) is 46.5 Å². The van der Waals surface area contributed by atoms with Crippen molar-refractivity contribution >= 4 is 5.78 Å². The number of carbonyl (C=O) groups is 1. The van der Waals surface area contributed by atoms with E-state index in [4.69, 9.17) is 4.42 Å². The molecule has 3 rings (SSSR count). The van der Waals surface area contributed by atoms with Crippen LogP contribution in [0.1, 0.15) is 35.4 Å². The number of aliphatic hydroxyl groups excluding tert-OH is 1. The second-order valence-electron chi connectivity index (χ2n) is 5.12. The van der Waals surface area contributed by atoms with Gasteiger partial charge in [0.05, 0.1) is 17.9 Å². The highest BCUT2D eigenvalue weighted by atomic mass is 16.3. The third kappa shape index (κ3) is 1.71. The summed E-state index contributed by atoms with van der Waals surface area (Å²) in [6.07, 6.45) is 0.734. The highest BCUT2D eigenvalue weighted by molar-refractivity contribution is 6.04. The number of ketones is 1. The van der Waals surface area contributed by atoms with Gasteiger partial charge in [0, 0.05) is 12.0 Å². The largest absolute Gasteiger partial charge is 0.507 e. The normalized spacial score (nSPS) is 21.8. The number of benzene rings is 1. The number of furan rings is 1. The topological polar surface area (TPSA) is 90.9 Å². The maximum Gasteiger partial charge on any atom is 0.167 e. The first-order valence-electron chi connectivity index (χ1n) is 6.34. The Morgan fingerprint density at radius 3 is 2.50 bits per heavy atom. The lowest BCUT2D eigenvalue weighted by molar-refractivity contribution is 0.0754. The molecule has 1 heterocycles. The summed E-state index contributed by atoms with van der Waals surface area (Å²) in [7, 11) is 0. The molecule has 3 N–H and O–H groups in total. The number of rotatable bonds is 1. The minimum absolute atomic E-state index is 0.0730. The molecule has 0 aliphatic heterocycles. The Hall–Kier alpha value is -2.27. The van der Waals surface area contributed by atoms with E-state index in [0.717, 1.165) is 0 Å². The zero-order valence-corrected chi connectivity index (χ0v) is 10.8. The van der Waals surface area contributed by atoms with Crippen LogP contribution in [0.2, 0.25) is 0 Å². The van der Waals surface area contributed by atoms with Crippen molar-refractivity contribution in [2.24, 2.45) is 5.92 Å². The summed E-state index contributed by atoms with van der Waals surface area (Å²) < 4.78 is 5.35. The average Bonchev–Trinajstić information content (AvgIpc) is 2.81. The van der Waals surface area contributed by atoms with Gasteiger partial charge < -0.3 is 19.7 Å². The fraction of sp³-hybridized carbons (Fsp3) is 0.267. The molecule has 0 fully saturated rings. The van der Waals surface area contributed by atoms with Crippen molar-refractivity contribution in [2.75, 3.05) is 0 Å². The van der Waals surface area contributed by atoms with Gasteiger partial charge in [-0.05, 0) is 18.1 Å². The van der Waals surface area contributed by atoms with E-state index in [0.29, 0.717) is 5.56 Å². The second kappa shape index (κ2) is 4.38. The van der Waals surface area contributed by atoms with Crippen LogP contribution in [-0.2, 0) is 0 Å². The van der Waals surface area contributed by atoms with Crippen LogP contribution in [0.25, 0.3) is 11.3 Å². The van der Waals surface area contributed by atoms with E-state index in [1.807, 2.05) is 0 Å². The van der Waals surface area contributed by atoms with Crippen LogP contribution in [0.3, 0.4) is 0 Å².